The van der Waals surface area contributed by atoms with Crippen LogP contribution in [0.2, 0.25) is 12.1 Å². The first kappa shape index (κ1) is 17.3. The zero-order valence-corrected chi connectivity index (χ0v) is 16.8. The van der Waals surface area contributed by atoms with E-state index in [0.717, 1.165) is 12.1 Å². The fourth-order valence-electron chi connectivity index (χ4n) is 4.25. The first-order chi connectivity index (χ1) is 12.7. The van der Waals surface area contributed by atoms with Gasteiger partial charge in [0.25, 0.3) is 0 Å². The van der Waals surface area contributed by atoms with Gasteiger partial charge in [-0.15, -0.1) is 0 Å². The minimum absolute atomic E-state index is 0.0857. The van der Waals surface area contributed by atoms with Gasteiger partial charge in [0.15, 0.2) is 0 Å². The molecule has 2 heteroatoms. The van der Waals surface area contributed by atoms with Crippen LogP contribution in [0.15, 0.2) is 72.8 Å². The van der Waals surface area contributed by atoms with Gasteiger partial charge < -0.3 is 4.43 Å². The van der Waals surface area contributed by atoms with Crippen molar-refractivity contribution in [3.05, 3.63) is 89.5 Å². The molecule has 3 aromatic rings. The predicted octanol–water partition coefficient (Wildman–Crippen LogP) is 5.97. The van der Waals surface area contributed by atoms with Gasteiger partial charge in [0.05, 0.1) is 6.10 Å². The van der Waals surface area contributed by atoms with Crippen molar-refractivity contribution >= 4 is 13.5 Å². The molecule has 0 aliphatic carbocycles. The smallest absolute Gasteiger partial charge is 0.225 e. The van der Waals surface area contributed by atoms with Crippen molar-refractivity contribution in [2.75, 3.05) is 0 Å². The molecular formula is C24H26OSi. The van der Waals surface area contributed by atoms with Crippen molar-refractivity contribution < 1.29 is 4.43 Å². The van der Waals surface area contributed by atoms with Gasteiger partial charge in [0.1, 0.15) is 0 Å². The zero-order chi connectivity index (χ0) is 18.1. The SMILES string of the molecule is CC[Si]1(CC)O[C@H](c2ccccc2C)c2ccc(-c3ccccc3)cc21. The largest absolute Gasteiger partial charge is 0.401 e. The minimum Gasteiger partial charge on any atom is -0.401 e. The van der Waals surface area contributed by atoms with Crippen LogP contribution in [0.4, 0.5) is 0 Å². The number of aryl methyl sites for hydroxylation is 1. The highest BCUT2D eigenvalue weighted by molar-refractivity contribution is 6.87. The molecule has 26 heavy (non-hydrogen) atoms. The molecule has 0 unspecified atom stereocenters. The summed E-state index contributed by atoms with van der Waals surface area (Å²) in [5.74, 6) is 0. The summed E-state index contributed by atoms with van der Waals surface area (Å²) in [6.45, 7) is 6.79. The van der Waals surface area contributed by atoms with Gasteiger partial charge >= 0.3 is 0 Å². The van der Waals surface area contributed by atoms with Gasteiger partial charge in [-0.2, -0.15) is 0 Å². The van der Waals surface area contributed by atoms with Crippen molar-refractivity contribution in [1.82, 2.24) is 0 Å². The number of hydrogen-bond acceptors (Lipinski definition) is 1. The van der Waals surface area contributed by atoms with Gasteiger partial charge in [-0.05, 0) is 52.0 Å². The normalized spacial score (nSPS) is 17.9. The average Bonchev–Trinajstić information content (AvgIpc) is 3.03. The molecule has 132 valence electrons. The maximum absolute atomic E-state index is 6.91. The van der Waals surface area contributed by atoms with Crippen LogP contribution < -0.4 is 5.19 Å². The molecule has 3 aromatic carbocycles. The summed E-state index contributed by atoms with van der Waals surface area (Å²) in [4.78, 5) is 0. The van der Waals surface area contributed by atoms with Gasteiger partial charge in [0, 0.05) is 0 Å². The van der Waals surface area contributed by atoms with Crippen LogP contribution in [-0.4, -0.2) is 8.32 Å². The van der Waals surface area contributed by atoms with E-state index in [1.807, 2.05) is 0 Å². The lowest BCUT2D eigenvalue weighted by atomic mass is 9.95. The van der Waals surface area contributed by atoms with Gasteiger partial charge in [-0.1, -0.05) is 86.6 Å². The quantitative estimate of drug-likeness (QED) is 0.522. The van der Waals surface area contributed by atoms with Gasteiger partial charge in [-0.25, -0.2) is 0 Å². The monoisotopic (exact) mass is 358 g/mol. The summed E-state index contributed by atoms with van der Waals surface area (Å²) >= 11 is 0. The second-order valence-electron chi connectivity index (χ2n) is 7.22. The fraction of sp³-hybridized carbons (Fsp3) is 0.250. The Labute approximate surface area is 157 Å². The van der Waals surface area contributed by atoms with Crippen LogP contribution in [0.1, 0.15) is 36.6 Å². The topological polar surface area (TPSA) is 9.23 Å². The van der Waals surface area contributed by atoms with E-state index >= 15 is 0 Å². The number of fused-ring (bicyclic) bond motifs is 1. The summed E-state index contributed by atoms with van der Waals surface area (Å²) in [6.07, 6.45) is 0.0857. The molecule has 1 aliphatic rings. The third kappa shape index (κ3) is 2.74. The molecule has 0 saturated heterocycles. The van der Waals surface area contributed by atoms with Crippen molar-refractivity contribution in [3.8, 4) is 11.1 Å². The van der Waals surface area contributed by atoms with E-state index in [-0.39, 0.29) is 6.10 Å². The molecule has 0 radical (unpaired) electrons. The van der Waals surface area contributed by atoms with Crippen LogP contribution in [0.5, 0.6) is 0 Å². The second-order valence-corrected chi connectivity index (χ2v) is 11.4. The molecule has 1 aliphatic heterocycles. The molecule has 0 saturated carbocycles. The lowest BCUT2D eigenvalue weighted by Gasteiger charge is -2.26. The standard InChI is InChI=1S/C24H26OSi/c1-4-26(5-2)23-17-20(19-12-7-6-8-13-19)15-16-22(23)24(25-26)21-14-10-9-11-18(21)3/h6-17,24H,4-5H2,1-3H3/t24-/m1/s1. The molecule has 0 fully saturated rings. The van der Waals surface area contributed by atoms with E-state index in [2.05, 4.69) is 93.6 Å². The molecule has 1 atom stereocenters. The molecule has 0 spiro atoms. The molecule has 1 nitrogen and oxygen atoms in total. The molecule has 0 N–H and O–H groups in total. The van der Waals surface area contributed by atoms with E-state index in [0.29, 0.717) is 0 Å². The van der Waals surface area contributed by atoms with Gasteiger partial charge in [0.2, 0.25) is 8.32 Å². The molecule has 0 aromatic heterocycles. The third-order valence-electron chi connectivity index (χ3n) is 5.89. The first-order valence-electron chi connectivity index (χ1n) is 9.61. The lowest BCUT2D eigenvalue weighted by Crippen LogP contribution is -2.45. The van der Waals surface area contributed by atoms with Crippen LogP contribution in [0, 0.1) is 6.92 Å². The summed E-state index contributed by atoms with van der Waals surface area (Å²) in [5.41, 5.74) is 6.60. The molecule has 0 bridgehead atoms. The fourth-order valence-corrected chi connectivity index (χ4v) is 7.84. The Kier molecular flexibility index (Phi) is 4.56. The van der Waals surface area contributed by atoms with E-state index < -0.39 is 8.32 Å². The van der Waals surface area contributed by atoms with Crippen molar-refractivity contribution in [3.63, 3.8) is 0 Å². The van der Waals surface area contributed by atoms with Crippen molar-refractivity contribution in [2.45, 2.75) is 39.0 Å². The summed E-state index contributed by atoms with van der Waals surface area (Å²) < 4.78 is 6.91. The Hall–Kier alpha value is -2.16. The average molecular weight is 359 g/mol. The third-order valence-corrected chi connectivity index (χ3v) is 10.3. The molecular weight excluding hydrogens is 332 g/mol. The second kappa shape index (κ2) is 6.86. The van der Waals surface area contributed by atoms with Crippen molar-refractivity contribution in [1.29, 1.82) is 0 Å². The Morgan fingerprint density at radius 2 is 1.46 bits per heavy atom. The Bertz CT molecular complexity index is 913. The Balaban J connectivity index is 1.87. The molecule has 1 heterocycles. The lowest BCUT2D eigenvalue weighted by molar-refractivity contribution is 0.252. The van der Waals surface area contributed by atoms with Crippen LogP contribution in [0.3, 0.4) is 0 Å². The summed E-state index contributed by atoms with van der Waals surface area (Å²) in [7, 11) is -1.93. The van der Waals surface area contributed by atoms with Gasteiger partial charge in [-0.3, -0.25) is 0 Å². The van der Waals surface area contributed by atoms with Crippen molar-refractivity contribution in [2.24, 2.45) is 0 Å². The summed E-state index contributed by atoms with van der Waals surface area (Å²) in [6, 6.07) is 28.6. The number of rotatable bonds is 4. The molecule has 0 amide bonds. The van der Waals surface area contributed by atoms with Crippen LogP contribution in [-0.2, 0) is 4.43 Å². The first-order valence-corrected chi connectivity index (χ1v) is 11.9. The summed E-state index contributed by atoms with van der Waals surface area (Å²) in [5, 5.41) is 1.50. The minimum atomic E-state index is -1.93. The predicted molar refractivity (Wildman–Crippen MR) is 112 cm³/mol. The van der Waals surface area contributed by atoms with E-state index in [1.54, 1.807) is 0 Å². The number of benzene rings is 3. The zero-order valence-electron chi connectivity index (χ0n) is 15.8. The van der Waals surface area contributed by atoms with E-state index in [9.17, 15) is 0 Å². The highest BCUT2D eigenvalue weighted by atomic mass is 28.4. The van der Waals surface area contributed by atoms with E-state index in [1.165, 1.54) is 33.0 Å². The maximum Gasteiger partial charge on any atom is 0.225 e. The number of hydrogen-bond donors (Lipinski definition) is 0. The maximum atomic E-state index is 6.91. The molecule has 4 rings (SSSR count). The van der Waals surface area contributed by atoms with E-state index in [4.69, 9.17) is 4.43 Å². The highest BCUT2D eigenvalue weighted by Crippen LogP contribution is 2.40. The Morgan fingerprint density at radius 1 is 0.769 bits per heavy atom. The Morgan fingerprint density at radius 3 is 2.15 bits per heavy atom. The highest BCUT2D eigenvalue weighted by Gasteiger charge is 2.45. The van der Waals surface area contributed by atoms with Crippen LogP contribution >= 0.6 is 0 Å². The van der Waals surface area contributed by atoms with Crippen LogP contribution in [0.25, 0.3) is 11.1 Å².